The van der Waals surface area contributed by atoms with Crippen LogP contribution < -0.4 is 0 Å². The molecule has 3 rings (SSSR count). The molecule has 0 N–H and O–H groups in total. The maximum Gasteiger partial charge on any atom is 0.433 e. The van der Waals surface area contributed by atoms with Crippen LogP contribution in [0.25, 0.3) is 5.52 Å². The second kappa shape index (κ2) is 4.40. The minimum atomic E-state index is -4.42. The van der Waals surface area contributed by atoms with Crippen LogP contribution in [0.15, 0.2) is 17.3 Å². The molecule has 0 amide bonds. The van der Waals surface area contributed by atoms with Gasteiger partial charge in [-0.25, -0.2) is 9.50 Å². The van der Waals surface area contributed by atoms with Crippen LogP contribution >= 0.6 is 11.8 Å². The Labute approximate surface area is 112 Å². The lowest BCUT2D eigenvalue weighted by Gasteiger charge is -2.22. The molecule has 2 aromatic rings. The Morgan fingerprint density at radius 1 is 1.32 bits per heavy atom. The molecule has 1 aliphatic carbocycles. The quantitative estimate of drug-likeness (QED) is 0.622. The van der Waals surface area contributed by atoms with E-state index in [0.29, 0.717) is 11.4 Å². The molecular formula is C12H12F3N3S. The number of aromatic nitrogens is 3. The zero-order chi connectivity index (χ0) is 13.6. The van der Waals surface area contributed by atoms with E-state index in [2.05, 4.69) is 10.1 Å². The topological polar surface area (TPSA) is 30.2 Å². The summed E-state index contributed by atoms with van der Waals surface area (Å²) in [5.41, 5.74) is 0.487. The normalized spacial score (nSPS) is 16.8. The van der Waals surface area contributed by atoms with Crippen LogP contribution in [0.3, 0.4) is 0 Å². The maximum atomic E-state index is 12.8. The highest BCUT2D eigenvalue weighted by Crippen LogP contribution is 2.37. The lowest BCUT2D eigenvalue weighted by Crippen LogP contribution is -2.11. The lowest BCUT2D eigenvalue weighted by atomic mass is 9.83. The Morgan fingerprint density at radius 2 is 2.05 bits per heavy atom. The van der Waals surface area contributed by atoms with Crippen LogP contribution in [-0.2, 0) is 6.18 Å². The number of halogens is 3. The number of fused-ring (bicyclic) bond motifs is 1. The molecule has 1 aliphatic rings. The van der Waals surface area contributed by atoms with Crippen molar-refractivity contribution in [3.63, 3.8) is 0 Å². The maximum absolute atomic E-state index is 12.8. The highest BCUT2D eigenvalue weighted by molar-refractivity contribution is 7.98. The molecule has 2 heterocycles. The van der Waals surface area contributed by atoms with E-state index in [4.69, 9.17) is 0 Å². The van der Waals surface area contributed by atoms with Crippen LogP contribution in [0, 0.1) is 0 Å². The van der Waals surface area contributed by atoms with E-state index in [0.717, 1.165) is 24.6 Å². The van der Waals surface area contributed by atoms with Crippen molar-refractivity contribution in [2.45, 2.75) is 36.5 Å². The minimum Gasteiger partial charge on any atom is -0.218 e. The van der Waals surface area contributed by atoms with Gasteiger partial charge in [0.15, 0.2) is 5.16 Å². The summed E-state index contributed by atoms with van der Waals surface area (Å²) in [7, 11) is 0. The number of thioether (sulfide) groups is 1. The van der Waals surface area contributed by atoms with Crippen molar-refractivity contribution in [3.8, 4) is 0 Å². The number of alkyl halides is 3. The Hall–Kier alpha value is -1.24. The van der Waals surface area contributed by atoms with Crippen molar-refractivity contribution < 1.29 is 13.2 Å². The van der Waals surface area contributed by atoms with Gasteiger partial charge >= 0.3 is 6.18 Å². The molecule has 0 atom stereocenters. The van der Waals surface area contributed by atoms with Gasteiger partial charge in [-0.05, 0) is 31.2 Å². The summed E-state index contributed by atoms with van der Waals surface area (Å²) in [6.07, 6.45) is 0.579. The molecule has 0 spiro atoms. The number of rotatable bonds is 2. The van der Waals surface area contributed by atoms with Crippen LogP contribution in [-0.4, -0.2) is 20.9 Å². The van der Waals surface area contributed by atoms with Crippen LogP contribution in [0.2, 0.25) is 0 Å². The summed E-state index contributed by atoms with van der Waals surface area (Å²) in [4.78, 5) is 3.65. The monoisotopic (exact) mass is 287 g/mol. The van der Waals surface area contributed by atoms with Crippen LogP contribution in [0.1, 0.15) is 36.6 Å². The molecule has 102 valence electrons. The van der Waals surface area contributed by atoms with Gasteiger partial charge in [-0.15, -0.1) is 0 Å². The summed E-state index contributed by atoms with van der Waals surface area (Å²) in [5.74, 6) is 0.393. The van der Waals surface area contributed by atoms with Crippen molar-refractivity contribution in [1.29, 1.82) is 0 Å². The van der Waals surface area contributed by atoms with Gasteiger partial charge in [-0.2, -0.15) is 18.3 Å². The van der Waals surface area contributed by atoms with E-state index in [1.165, 1.54) is 22.7 Å². The minimum absolute atomic E-state index is 0.274. The fourth-order valence-electron chi connectivity index (χ4n) is 2.17. The molecule has 0 saturated heterocycles. The van der Waals surface area contributed by atoms with Gasteiger partial charge in [0.1, 0.15) is 5.69 Å². The second-order valence-corrected chi connectivity index (χ2v) is 5.43. The predicted octanol–water partition coefficient (Wildman–Crippen LogP) is 3.74. The number of hydrogen-bond donors (Lipinski definition) is 0. The predicted molar refractivity (Wildman–Crippen MR) is 66.4 cm³/mol. The molecular weight excluding hydrogens is 275 g/mol. The molecule has 3 nitrogen and oxygen atoms in total. The zero-order valence-corrected chi connectivity index (χ0v) is 11.1. The Balaban J connectivity index is 2.14. The van der Waals surface area contributed by atoms with E-state index >= 15 is 0 Å². The number of hydrogen-bond acceptors (Lipinski definition) is 3. The van der Waals surface area contributed by atoms with E-state index in [9.17, 15) is 13.2 Å². The van der Waals surface area contributed by atoms with Crippen LogP contribution in [0.4, 0.5) is 13.2 Å². The summed E-state index contributed by atoms with van der Waals surface area (Å²) < 4.78 is 39.8. The smallest absolute Gasteiger partial charge is 0.218 e. The van der Waals surface area contributed by atoms with E-state index in [-0.39, 0.29) is 5.16 Å². The standard InChI is InChI=1S/C12H12F3N3S/c1-19-11-16-10(12(13,14)15)6-8-5-9(17-18(8)11)7-3-2-4-7/h5-7H,2-4H2,1H3. The summed E-state index contributed by atoms with van der Waals surface area (Å²) in [6, 6.07) is 2.81. The molecule has 2 aromatic heterocycles. The third-order valence-electron chi connectivity index (χ3n) is 3.43. The lowest BCUT2D eigenvalue weighted by molar-refractivity contribution is -0.141. The Kier molecular flexibility index (Phi) is 2.96. The third kappa shape index (κ3) is 2.20. The number of nitrogens with zero attached hydrogens (tertiary/aromatic N) is 3. The van der Waals surface area contributed by atoms with Gasteiger partial charge in [0.05, 0.1) is 11.2 Å². The Bertz CT molecular complexity index is 616. The molecule has 0 radical (unpaired) electrons. The van der Waals surface area contributed by atoms with E-state index in [1.54, 1.807) is 12.3 Å². The molecule has 1 fully saturated rings. The average Bonchev–Trinajstić information content (AvgIpc) is 2.66. The molecule has 0 bridgehead atoms. The SMILES string of the molecule is CSc1nc(C(F)(F)F)cc2cc(C3CCC3)nn12. The van der Waals surface area contributed by atoms with Gasteiger partial charge in [0, 0.05) is 5.92 Å². The first-order valence-corrected chi connectivity index (χ1v) is 7.23. The first-order chi connectivity index (χ1) is 8.99. The second-order valence-electron chi connectivity index (χ2n) is 4.66. The average molecular weight is 287 g/mol. The largest absolute Gasteiger partial charge is 0.433 e. The fourth-order valence-corrected chi connectivity index (χ4v) is 2.68. The highest BCUT2D eigenvalue weighted by Gasteiger charge is 2.34. The molecule has 0 unspecified atom stereocenters. The summed E-state index contributed by atoms with van der Waals surface area (Å²) >= 11 is 1.17. The van der Waals surface area contributed by atoms with Crippen LogP contribution in [0.5, 0.6) is 0 Å². The first kappa shape index (κ1) is 12.8. The van der Waals surface area contributed by atoms with Crippen molar-refractivity contribution >= 4 is 17.3 Å². The van der Waals surface area contributed by atoms with E-state index < -0.39 is 11.9 Å². The Morgan fingerprint density at radius 3 is 2.58 bits per heavy atom. The zero-order valence-electron chi connectivity index (χ0n) is 10.2. The van der Waals surface area contributed by atoms with Crippen molar-refractivity contribution in [3.05, 3.63) is 23.5 Å². The molecule has 0 aromatic carbocycles. The highest BCUT2D eigenvalue weighted by atomic mass is 32.2. The summed E-state index contributed by atoms with van der Waals surface area (Å²) in [5, 5.41) is 4.67. The van der Waals surface area contributed by atoms with Gasteiger partial charge < -0.3 is 0 Å². The molecule has 7 heteroatoms. The van der Waals surface area contributed by atoms with Crippen molar-refractivity contribution in [1.82, 2.24) is 14.6 Å². The van der Waals surface area contributed by atoms with Crippen molar-refractivity contribution in [2.24, 2.45) is 0 Å². The van der Waals surface area contributed by atoms with Gasteiger partial charge in [0.2, 0.25) is 0 Å². The van der Waals surface area contributed by atoms with Crippen molar-refractivity contribution in [2.75, 3.05) is 6.26 Å². The summed E-state index contributed by atoms with van der Waals surface area (Å²) in [6.45, 7) is 0. The first-order valence-electron chi connectivity index (χ1n) is 6.01. The molecule has 1 saturated carbocycles. The molecule has 0 aliphatic heterocycles. The molecule has 19 heavy (non-hydrogen) atoms. The van der Waals surface area contributed by atoms with Gasteiger partial charge in [-0.3, -0.25) is 0 Å². The van der Waals surface area contributed by atoms with Gasteiger partial charge in [-0.1, -0.05) is 18.2 Å². The van der Waals surface area contributed by atoms with E-state index in [1.807, 2.05) is 0 Å². The van der Waals surface area contributed by atoms with Gasteiger partial charge in [0.25, 0.3) is 0 Å². The fraction of sp³-hybridized carbons (Fsp3) is 0.500. The third-order valence-corrected chi connectivity index (χ3v) is 4.06.